The second-order valence-electron chi connectivity index (χ2n) is 3.18. The Morgan fingerprint density at radius 2 is 1.57 bits per heavy atom. The van der Waals surface area contributed by atoms with E-state index in [0.717, 1.165) is 12.0 Å². The molecule has 0 fully saturated rings. The Labute approximate surface area is 83.7 Å². The minimum atomic E-state index is 1.06. The average Bonchev–Trinajstić information content (AvgIpc) is 2.30. The standard InChI is InChI=1S/C12H12N2/c1-2-10-3-5-11(6-4-10)12-7-13-9-14-8-12/h3-9H,2H2,1H3. The molecular formula is C12H12N2. The molecule has 1 aromatic heterocycles. The van der Waals surface area contributed by atoms with Crippen LogP contribution in [0.1, 0.15) is 12.5 Å². The van der Waals surface area contributed by atoms with Crippen molar-refractivity contribution in [2.24, 2.45) is 0 Å². The van der Waals surface area contributed by atoms with E-state index in [4.69, 9.17) is 0 Å². The number of nitrogens with zero attached hydrogens (tertiary/aromatic N) is 2. The van der Waals surface area contributed by atoms with Crippen molar-refractivity contribution in [1.82, 2.24) is 9.97 Å². The molecule has 0 radical (unpaired) electrons. The quantitative estimate of drug-likeness (QED) is 0.717. The molecule has 0 spiro atoms. The molecule has 0 aliphatic carbocycles. The van der Waals surface area contributed by atoms with E-state index in [1.165, 1.54) is 11.1 Å². The van der Waals surface area contributed by atoms with E-state index in [1.54, 1.807) is 6.33 Å². The first-order valence-corrected chi connectivity index (χ1v) is 4.74. The molecule has 0 saturated carbocycles. The third kappa shape index (κ3) is 1.79. The van der Waals surface area contributed by atoms with Gasteiger partial charge < -0.3 is 0 Å². The SMILES string of the molecule is CCc1ccc(-c2cncnc2)cc1. The summed E-state index contributed by atoms with van der Waals surface area (Å²) in [5.41, 5.74) is 3.59. The summed E-state index contributed by atoms with van der Waals surface area (Å²) in [6, 6.07) is 8.50. The lowest BCUT2D eigenvalue weighted by Crippen LogP contribution is -1.83. The van der Waals surface area contributed by atoms with Crippen LogP contribution in [0.25, 0.3) is 11.1 Å². The third-order valence-corrected chi connectivity index (χ3v) is 2.26. The Hall–Kier alpha value is -1.70. The van der Waals surface area contributed by atoms with Crippen molar-refractivity contribution in [3.63, 3.8) is 0 Å². The molecule has 70 valence electrons. The van der Waals surface area contributed by atoms with Crippen LogP contribution >= 0.6 is 0 Å². The lowest BCUT2D eigenvalue weighted by molar-refractivity contribution is 1.14. The Morgan fingerprint density at radius 1 is 0.929 bits per heavy atom. The molecule has 14 heavy (non-hydrogen) atoms. The minimum absolute atomic E-state index is 1.06. The highest BCUT2D eigenvalue weighted by atomic mass is 14.8. The van der Waals surface area contributed by atoms with Crippen LogP contribution in [-0.4, -0.2) is 9.97 Å². The van der Waals surface area contributed by atoms with Crippen LogP contribution in [0, 0.1) is 0 Å². The predicted molar refractivity (Wildman–Crippen MR) is 56.8 cm³/mol. The van der Waals surface area contributed by atoms with E-state index in [2.05, 4.69) is 41.2 Å². The summed E-state index contributed by atoms with van der Waals surface area (Å²) >= 11 is 0. The summed E-state index contributed by atoms with van der Waals surface area (Å²) in [5, 5.41) is 0. The van der Waals surface area contributed by atoms with Gasteiger partial charge in [-0.3, -0.25) is 0 Å². The van der Waals surface area contributed by atoms with Gasteiger partial charge >= 0.3 is 0 Å². The maximum absolute atomic E-state index is 3.99. The first-order valence-electron chi connectivity index (χ1n) is 4.74. The van der Waals surface area contributed by atoms with Crippen molar-refractivity contribution in [2.75, 3.05) is 0 Å². The normalized spacial score (nSPS) is 10.1. The van der Waals surface area contributed by atoms with Crippen molar-refractivity contribution in [3.05, 3.63) is 48.5 Å². The monoisotopic (exact) mass is 184 g/mol. The van der Waals surface area contributed by atoms with E-state index in [9.17, 15) is 0 Å². The molecule has 0 aliphatic rings. The average molecular weight is 184 g/mol. The number of rotatable bonds is 2. The zero-order valence-corrected chi connectivity index (χ0v) is 8.14. The molecular weight excluding hydrogens is 172 g/mol. The van der Waals surface area contributed by atoms with Gasteiger partial charge in [0.05, 0.1) is 0 Å². The summed E-state index contributed by atoms with van der Waals surface area (Å²) in [4.78, 5) is 7.99. The first kappa shape index (κ1) is 8.88. The lowest BCUT2D eigenvalue weighted by atomic mass is 10.1. The summed E-state index contributed by atoms with van der Waals surface area (Å²) < 4.78 is 0. The van der Waals surface area contributed by atoms with Crippen LogP contribution in [-0.2, 0) is 6.42 Å². The summed E-state index contributed by atoms with van der Waals surface area (Å²) in [6.07, 6.45) is 6.28. The molecule has 0 unspecified atom stereocenters. The number of hydrogen-bond donors (Lipinski definition) is 0. The maximum atomic E-state index is 3.99. The van der Waals surface area contributed by atoms with Gasteiger partial charge in [-0.05, 0) is 17.5 Å². The van der Waals surface area contributed by atoms with E-state index < -0.39 is 0 Å². The first-order chi connectivity index (χ1) is 6.90. The fraction of sp³-hybridized carbons (Fsp3) is 0.167. The zero-order chi connectivity index (χ0) is 9.80. The van der Waals surface area contributed by atoms with Gasteiger partial charge in [-0.2, -0.15) is 0 Å². The minimum Gasteiger partial charge on any atom is -0.244 e. The fourth-order valence-electron chi connectivity index (χ4n) is 1.38. The molecule has 2 nitrogen and oxygen atoms in total. The van der Waals surface area contributed by atoms with Gasteiger partial charge in [-0.1, -0.05) is 31.2 Å². The molecule has 0 saturated heterocycles. The number of benzene rings is 1. The smallest absolute Gasteiger partial charge is 0.115 e. The molecule has 0 atom stereocenters. The van der Waals surface area contributed by atoms with Gasteiger partial charge in [-0.25, -0.2) is 9.97 Å². The van der Waals surface area contributed by atoms with E-state index in [-0.39, 0.29) is 0 Å². The molecule has 0 aliphatic heterocycles. The Morgan fingerprint density at radius 3 is 2.14 bits per heavy atom. The summed E-state index contributed by atoms with van der Waals surface area (Å²) in [7, 11) is 0. The van der Waals surface area contributed by atoms with Crippen molar-refractivity contribution in [1.29, 1.82) is 0 Å². The highest BCUT2D eigenvalue weighted by molar-refractivity contribution is 5.61. The molecule has 0 amide bonds. The Balaban J connectivity index is 2.34. The molecule has 1 aromatic carbocycles. The molecule has 0 bridgehead atoms. The second kappa shape index (κ2) is 4.01. The lowest BCUT2D eigenvalue weighted by Gasteiger charge is -2.01. The highest BCUT2D eigenvalue weighted by Gasteiger charge is 1.96. The molecule has 2 aromatic rings. The number of hydrogen-bond acceptors (Lipinski definition) is 2. The molecule has 0 N–H and O–H groups in total. The third-order valence-electron chi connectivity index (χ3n) is 2.26. The maximum Gasteiger partial charge on any atom is 0.115 e. The van der Waals surface area contributed by atoms with E-state index in [0.29, 0.717) is 0 Å². The fourth-order valence-corrected chi connectivity index (χ4v) is 1.38. The van der Waals surface area contributed by atoms with Crippen molar-refractivity contribution in [2.45, 2.75) is 13.3 Å². The Bertz CT molecular complexity index is 392. The van der Waals surface area contributed by atoms with Gasteiger partial charge in [0.1, 0.15) is 6.33 Å². The van der Waals surface area contributed by atoms with Gasteiger partial charge in [0.2, 0.25) is 0 Å². The van der Waals surface area contributed by atoms with Crippen LogP contribution < -0.4 is 0 Å². The predicted octanol–water partition coefficient (Wildman–Crippen LogP) is 2.71. The van der Waals surface area contributed by atoms with Crippen LogP contribution in [0.15, 0.2) is 43.0 Å². The molecule has 1 heterocycles. The van der Waals surface area contributed by atoms with Crippen LogP contribution in [0.4, 0.5) is 0 Å². The molecule has 2 heteroatoms. The Kier molecular flexibility index (Phi) is 2.54. The number of aromatic nitrogens is 2. The van der Waals surface area contributed by atoms with E-state index in [1.807, 2.05) is 12.4 Å². The summed E-state index contributed by atoms with van der Waals surface area (Å²) in [5.74, 6) is 0. The zero-order valence-electron chi connectivity index (χ0n) is 8.14. The highest BCUT2D eigenvalue weighted by Crippen LogP contribution is 2.17. The number of aryl methyl sites for hydroxylation is 1. The van der Waals surface area contributed by atoms with Gasteiger partial charge in [-0.15, -0.1) is 0 Å². The van der Waals surface area contributed by atoms with Crippen molar-refractivity contribution < 1.29 is 0 Å². The largest absolute Gasteiger partial charge is 0.244 e. The van der Waals surface area contributed by atoms with Gasteiger partial charge in [0.25, 0.3) is 0 Å². The van der Waals surface area contributed by atoms with Crippen LogP contribution in [0.5, 0.6) is 0 Å². The summed E-state index contributed by atoms with van der Waals surface area (Å²) in [6.45, 7) is 2.15. The van der Waals surface area contributed by atoms with Crippen LogP contribution in [0.3, 0.4) is 0 Å². The van der Waals surface area contributed by atoms with Gasteiger partial charge in [0, 0.05) is 18.0 Å². The topological polar surface area (TPSA) is 25.8 Å². The van der Waals surface area contributed by atoms with Crippen LogP contribution in [0.2, 0.25) is 0 Å². The van der Waals surface area contributed by atoms with Gasteiger partial charge in [0.15, 0.2) is 0 Å². The van der Waals surface area contributed by atoms with E-state index >= 15 is 0 Å². The second-order valence-corrected chi connectivity index (χ2v) is 3.18. The van der Waals surface area contributed by atoms with Crippen molar-refractivity contribution >= 4 is 0 Å². The molecule has 2 rings (SSSR count). The van der Waals surface area contributed by atoms with Crippen molar-refractivity contribution in [3.8, 4) is 11.1 Å².